The minimum absolute atomic E-state index is 0. The molecule has 8 heavy (non-hydrogen) atoms. The van der Waals surface area contributed by atoms with Crippen molar-refractivity contribution in [3.05, 3.63) is 0 Å². The summed E-state index contributed by atoms with van der Waals surface area (Å²) in [5.41, 5.74) is 0. The van der Waals surface area contributed by atoms with Gasteiger partial charge >= 0.3 is 111 Å². The average Bonchev–Trinajstić information content (AvgIpc) is 1.65. The van der Waals surface area contributed by atoms with E-state index in [9.17, 15) is 14.0 Å². The van der Waals surface area contributed by atoms with Crippen molar-refractivity contribution in [2.24, 2.45) is 0 Å². The molecule has 3 nitrogen and oxygen atoms in total. The zero-order valence-electron chi connectivity index (χ0n) is 3.18. The molecule has 6 heteroatoms. The van der Waals surface area contributed by atoms with Crippen LogP contribution >= 0.6 is 0 Å². The predicted octanol–water partition coefficient (Wildman–Crippen LogP) is -2.07. The molecular weight excluding hydrogens is 298 g/mol. The number of hydrogen-bond donors (Lipinski definition) is 0. The summed E-state index contributed by atoms with van der Waals surface area (Å²) in [7, 11) is 0. The fourth-order valence-corrected chi connectivity index (χ4v) is 0.311. The van der Waals surface area contributed by atoms with Gasteiger partial charge in [-0.25, -0.2) is 0 Å². The van der Waals surface area contributed by atoms with Gasteiger partial charge in [0, 0.05) is 0 Å². The van der Waals surface area contributed by atoms with E-state index in [2.05, 4.69) is 3.02 Å². The van der Waals surface area contributed by atoms with E-state index in [-0.39, 0.29) is 81.6 Å². The number of halogens is 1. The molecule has 0 heterocycles. The van der Waals surface area contributed by atoms with Gasteiger partial charge in [0.2, 0.25) is 0 Å². The van der Waals surface area contributed by atoms with Crippen LogP contribution in [0.4, 0.5) is 4.39 Å². The first-order chi connectivity index (χ1) is 3.18. The quantitative estimate of drug-likeness (QED) is 0.317. The van der Waals surface area contributed by atoms with Crippen LogP contribution in [-0.2, 0) is 12.6 Å². The molecule has 0 aliphatic carbocycles. The average molecular weight is 301 g/mol. The molecule has 0 fully saturated rings. The molecule has 0 aromatic carbocycles. The Labute approximate surface area is 108 Å². The van der Waals surface area contributed by atoms with E-state index in [1.54, 1.807) is 0 Å². The second kappa shape index (κ2) is 6.81. The summed E-state index contributed by atoms with van der Waals surface area (Å²) in [6.07, 6.45) is 0. The Morgan fingerprint density at radius 3 is 1.88 bits per heavy atom. The topological polar surface area (TPSA) is 43.4 Å². The van der Waals surface area contributed by atoms with E-state index >= 15 is 0 Å². The van der Waals surface area contributed by atoms with Crippen molar-refractivity contribution in [1.29, 1.82) is 0 Å². The molecule has 0 N–H and O–H groups in total. The summed E-state index contributed by atoms with van der Waals surface area (Å²) in [5.74, 6) is -1.40. The molecule has 0 unspecified atom stereocenters. The molecule has 0 saturated heterocycles. The van der Waals surface area contributed by atoms with Gasteiger partial charge in [-0.3, -0.25) is 0 Å². The summed E-state index contributed by atoms with van der Waals surface area (Å²) in [6.45, 7) is 0. The monoisotopic (exact) mass is 300 g/mol. The van der Waals surface area contributed by atoms with Gasteiger partial charge in [0.25, 0.3) is 0 Å². The third-order valence-corrected chi connectivity index (χ3v) is 0.879. The van der Waals surface area contributed by atoms with Crippen molar-refractivity contribution in [3.8, 4) is 0 Å². The van der Waals surface area contributed by atoms with Crippen LogP contribution in [0.2, 0.25) is 0 Å². The molecule has 0 rings (SSSR count). The maximum absolute atomic E-state index is 11.0. The van der Waals surface area contributed by atoms with Crippen LogP contribution in [-0.4, -0.2) is 93.6 Å². The molecule has 0 amide bonds. The van der Waals surface area contributed by atoms with Gasteiger partial charge in [-0.05, 0) is 0 Å². The Kier molecular flexibility index (Phi) is 10.5. The first kappa shape index (κ1) is 12.4. The molecule has 0 saturated carbocycles. The number of carbonyl (C=O) groups excluding carboxylic acids is 2. The van der Waals surface area contributed by atoms with Crippen LogP contribution < -0.4 is 0 Å². The van der Waals surface area contributed by atoms with Gasteiger partial charge in [-0.2, -0.15) is 0 Å². The predicted molar refractivity (Wildman–Crippen MR) is 27.9 cm³/mol. The Balaban J connectivity index is 0. The van der Waals surface area contributed by atoms with E-state index in [4.69, 9.17) is 0 Å². The van der Waals surface area contributed by atoms with Gasteiger partial charge in [-0.15, -0.1) is 0 Å². The number of carbonyl (C=O) groups is 2. The van der Waals surface area contributed by atoms with Gasteiger partial charge in [0.05, 0.1) is 0 Å². The Morgan fingerprint density at radius 2 is 1.88 bits per heavy atom. The Hall–Kier alpha value is 1.69. The van der Waals surface area contributed by atoms with Crippen LogP contribution in [0.25, 0.3) is 0 Å². The van der Waals surface area contributed by atoms with Crippen molar-refractivity contribution < 1.29 is 17.0 Å². The first-order valence-electron chi connectivity index (χ1n) is 1.29. The number of rotatable bonds is 1. The van der Waals surface area contributed by atoms with Crippen molar-refractivity contribution in [1.82, 2.24) is 0 Å². The van der Waals surface area contributed by atoms with E-state index in [0.717, 1.165) is 0 Å². The summed E-state index contributed by atoms with van der Waals surface area (Å²) >= 11 is 0.116. The number of hydrogen-bond acceptors (Lipinski definition) is 3. The molecule has 0 radical (unpaired) electrons. The second-order valence-corrected chi connectivity index (χ2v) is 1.35. The fourth-order valence-electron chi connectivity index (χ4n) is 0.0463. The van der Waals surface area contributed by atoms with Crippen LogP contribution in [0, 0.1) is 0 Å². The minimum atomic E-state index is -2.03. The van der Waals surface area contributed by atoms with Crippen LogP contribution in [0.1, 0.15) is 0 Å². The van der Waals surface area contributed by atoms with Crippen LogP contribution in [0.3, 0.4) is 0 Å². The van der Waals surface area contributed by atoms with E-state index in [1.807, 2.05) is 0 Å². The van der Waals surface area contributed by atoms with E-state index in [1.165, 1.54) is 0 Å². The zero-order valence-corrected chi connectivity index (χ0v) is 6.48. The molecule has 0 aliphatic heterocycles. The van der Waals surface area contributed by atoms with Crippen LogP contribution in [0.15, 0.2) is 0 Å². The summed E-state index contributed by atoms with van der Waals surface area (Å²) < 4.78 is 14.8. The van der Waals surface area contributed by atoms with Gasteiger partial charge in [0.15, 0.2) is 0 Å². The molecule has 0 spiro atoms. The Bertz CT molecular complexity index is 105. The summed E-state index contributed by atoms with van der Waals surface area (Å²) in [6, 6.07) is -2.03. The molecule has 0 atom stereocenters. The van der Waals surface area contributed by atoms with Crippen molar-refractivity contribution in [3.63, 3.8) is 0 Å². The van der Waals surface area contributed by atoms with Gasteiger partial charge < -0.3 is 0 Å². The van der Waals surface area contributed by atoms with Crippen molar-refractivity contribution in [2.45, 2.75) is 0 Å². The molecular formula is C2H3FO3RbSb. The molecule has 0 aromatic heterocycles. The molecule has 0 aliphatic rings. The van der Waals surface area contributed by atoms with Crippen molar-refractivity contribution in [2.75, 3.05) is 0 Å². The zero-order chi connectivity index (χ0) is 5.86. The molecule has 42 valence electrons. The van der Waals surface area contributed by atoms with Crippen LogP contribution in [0.5, 0.6) is 0 Å². The second-order valence-electron chi connectivity index (χ2n) is 0.679. The third kappa shape index (κ3) is 5.82. The first-order valence-corrected chi connectivity index (χ1v) is 2.63. The summed E-state index contributed by atoms with van der Waals surface area (Å²) in [4.78, 5) is 18.9. The molecule has 0 bridgehead atoms. The van der Waals surface area contributed by atoms with E-state index in [0.29, 0.717) is 0 Å². The normalized spacial score (nSPS) is 6.75. The van der Waals surface area contributed by atoms with Gasteiger partial charge in [0.1, 0.15) is 0 Å². The standard InChI is InChI=1S/C2HFO3.Rb.Sb.3H/c3-1(4)2(5)6;;;;;/h(H,5,6);;;;;/q;;+1;;;/p-1. The SMILES string of the molecule is O=C(F)C(=O)[O][SbH2].[RbH]. The maximum atomic E-state index is 11.0. The summed E-state index contributed by atoms with van der Waals surface area (Å²) in [5, 5.41) is 0. The Morgan fingerprint density at radius 1 is 1.50 bits per heavy atom. The molecule has 0 aromatic rings. The van der Waals surface area contributed by atoms with Crippen molar-refractivity contribution >= 4 is 93.6 Å². The fraction of sp³-hybridized carbons (Fsp3) is 0. The van der Waals surface area contributed by atoms with Gasteiger partial charge in [-0.1, -0.05) is 0 Å². The third-order valence-electron chi connectivity index (χ3n) is 0.268. The van der Waals surface area contributed by atoms with E-state index < -0.39 is 12.0 Å².